The van der Waals surface area contributed by atoms with Gasteiger partial charge in [-0.2, -0.15) is 0 Å². The van der Waals surface area contributed by atoms with Gasteiger partial charge < -0.3 is 4.84 Å². The lowest BCUT2D eigenvalue weighted by molar-refractivity contribution is -0.194. The third-order valence-electron chi connectivity index (χ3n) is 3.03. The van der Waals surface area contributed by atoms with Crippen molar-refractivity contribution >= 4 is 5.97 Å². The minimum atomic E-state index is -0.0431. The third-order valence-corrected chi connectivity index (χ3v) is 3.03. The van der Waals surface area contributed by atoms with E-state index >= 15 is 0 Å². The predicted octanol–water partition coefficient (Wildman–Crippen LogP) is 3.29. The summed E-state index contributed by atoms with van der Waals surface area (Å²) < 4.78 is 0. The maximum absolute atomic E-state index is 11.5. The molecule has 0 bridgehead atoms. The summed E-state index contributed by atoms with van der Waals surface area (Å²) in [7, 11) is 0. The van der Waals surface area contributed by atoms with Crippen LogP contribution in [0.15, 0.2) is 0 Å². The lowest BCUT2D eigenvalue weighted by atomic mass is 10.1. The molecule has 0 aromatic heterocycles. The van der Waals surface area contributed by atoms with E-state index in [4.69, 9.17) is 4.84 Å². The summed E-state index contributed by atoms with van der Waals surface area (Å²) in [5.41, 5.74) is 0. The Balaban J connectivity index is 1.97. The maximum Gasteiger partial charge on any atom is 0.325 e. The van der Waals surface area contributed by atoms with Gasteiger partial charge in [0.1, 0.15) is 0 Å². The fourth-order valence-electron chi connectivity index (χ4n) is 2.02. The number of carbonyl (C=O) groups is 1. The number of hydroxylamine groups is 2. The van der Waals surface area contributed by atoms with Gasteiger partial charge in [0.2, 0.25) is 0 Å². The van der Waals surface area contributed by atoms with Gasteiger partial charge >= 0.3 is 5.97 Å². The van der Waals surface area contributed by atoms with Crippen LogP contribution in [0.5, 0.6) is 0 Å². The van der Waals surface area contributed by atoms with Crippen molar-refractivity contribution in [1.29, 1.82) is 0 Å². The van der Waals surface area contributed by atoms with Gasteiger partial charge in [0.25, 0.3) is 0 Å². The van der Waals surface area contributed by atoms with Crippen LogP contribution < -0.4 is 0 Å². The fraction of sp³-hybridized carbons (Fsp3) is 0.923. The molecule has 94 valence electrons. The molecule has 0 N–H and O–H groups in total. The van der Waals surface area contributed by atoms with E-state index in [1.807, 2.05) is 5.06 Å². The molecule has 3 heteroatoms. The topological polar surface area (TPSA) is 29.5 Å². The molecule has 0 aliphatic carbocycles. The number of carbonyl (C=O) groups excluding carboxylic acids is 1. The summed E-state index contributed by atoms with van der Waals surface area (Å²) in [5.74, 6) is -0.0431. The summed E-state index contributed by atoms with van der Waals surface area (Å²) in [6, 6.07) is 0. The van der Waals surface area contributed by atoms with E-state index in [9.17, 15) is 4.79 Å². The average molecular weight is 227 g/mol. The Hall–Kier alpha value is -0.570. The minimum absolute atomic E-state index is 0.0431. The van der Waals surface area contributed by atoms with E-state index in [2.05, 4.69) is 6.92 Å². The second kappa shape index (κ2) is 8.57. The highest BCUT2D eigenvalue weighted by molar-refractivity contribution is 5.68. The molecule has 0 aromatic carbocycles. The summed E-state index contributed by atoms with van der Waals surface area (Å²) in [4.78, 5) is 16.8. The Morgan fingerprint density at radius 2 is 1.75 bits per heavy atom. The van der Waals surface area contributed by atoms with Crippen molar-refractivity contribution in [2.75, 3.05) is 13.1 Å². The smallest absolute Gasteiger partial charge is 0.325 e. The van der Waals surface area contributed by atoms with E-state index in [0.717, 1.165) is 38.8 Å². The summed E-state index contributed by atoms with van der Waals surface area (Å²) in [5, 5.41) is 1.83. The van der Waals surface area contributed by atoms with Crippen molar-refractivity contribution < 1.29 is 9.63 Å². The van der Waals surface area contributed by atoms with Gasteiger partial charge in [-0.05, 0) is 19.3 Å². The van der Waals surface area contributed by atoms with Crippen molar-refractivity contribution in [3.8, 4) is 0 Å². The highest BCUT2D eigenvalue weighted by atomic mass is 16.7. The van der Waals surface area contributed by atoms with Crippen molar-refractivity contribution in [3.05, 3.63) is 0 Å². The van der Waals surface area contributed by atoms with Gasteiger partial charge in [-0.1, -0.05) is 39.0 Å². The number of piperidine rings is 1. The molecular formula is C13H25NO2. The van der Waals surface area contributed by atoms with Gasteiger partial charge in [0.05, 0.1) is 0 Å². The molecular weight excluding hydrogens is 202 g/mol. The first-order valence-electron chi connectivity index (χ1n) is 6.78. The Kier molecular flexibility index (Phi) is 7.23. The molecule has 0 unspecified atom stereocenters. The molecule has 1 fully saturated rings. The molecule has 3 nitrogen and oxygen atoms in total. The lowest BCUT2D eigenvalue weighted by Gasteiger charge is -2.24. The molecule has 1 heterocycles. The third kappa shape index (κ3) is 6.11. The lowest BCUT2D eigenvalue weighted by Crippen LogP contribution is -2.32. The van der Waals surface area contributed by atoms with Crippen molar-refractivity contribution in [1.82, 2.24) is 5.06 Å². The molecule has 0 spiro atoms. The molecule has 0 amide bonds. The van der Waals surface area contributed by atoms with Crippen LogP contribution >= 0.6 is 0 Å². The Labute approximate surface area is 99.1 Å². The monoisotopic (exact) mass is 227 g/mol. The van der Waals surface area contributed by atoms with Crippen LogP contribution in [-0.2, 0) is 9.63 Å². The number of hydrogen-bond acceptors (Lipinski definition) is 3. The van der Waals surface area contributed by atoms with Crippen LogP contribution in [0.4, 0.5) is 0 Å². The summed E-state index contributed by atoms with van der Waals surface area (Å²) in [6.07, 6.45) is 10.1. The standard InChI is InChI=1S/C13H25NO2/c1-2-3-4-5-7-10-13(15)16-14-11-8-6-9-12-14/h2-12H2,1H3. The van der Waals surface area contributed by atoms with Crippen LogP contribution in [0.25, 0.3) is 0 Å². The second-order valence-corrected chi connectivity index (χ2v) is 4.62. The molecule has 16 heavy (non-hydrogen) atoms. The molecule has 0 saturated carbocycles. The van der Waals surface area contributed by atoms with Crippen LogP contribution in [0.2, 0.25) is 0 Å². The summed E-state index contributed by atoms with van der Waals surface area (Å²) in [6.45, 7) is 4.04. The van der Waals surface area contributed by atoms with Crippen molar-refractivity contribution in [2.24, 2.45) is 0 Å². The number of unbranched alkanes of at least 4 members (excludes halogenated alkanes) is 4. The van der Waals surface area contributed by atoms with E-state index in [1.165, 1.54) is 25.7 Å². The Morgan fingerprint density at radius 1 is 1.06 bits per heavy atom. The van der Waals surface area contributed by atoms with Gasteiger partial charge in [0.15, 0.2) is 0 Å². The van der Waals surface area contributed by atoms with Crippen LogP contribution in [0, 0.1) is 0 Å². The quantitative estimate of drug-likeness (QED) is 0.625. The van der Waals surface area contributed by atoms with Crippen molar-refractivity contribution in [3.63, 3.8) is 0 Å². The highest BCUT2D eigenvalue weighted by Gasteiger charge is 2.14. The molecule has 1 rings (SSSR count). The Bertz CT molecular complexity index is 188. The normalized spacial score (nSPS) is 17.3. The van der Waals surface area contributed by atoms with E-state index in [-0.39, 0.29) is 5.97 Å². The molecule has 1 aliphatic heterocycles. The van der Waals surface area contributed by atoms with Crippen molar-refractivity contribution in [2.45, 2.75) is 64.7 Å². The summed E-state index contributed by atoms with van der Waals surface area (Å²) >= 11 is 0. The van der Waals surface area contributed by atoms with Crippen LogP contribution in [0.1, 0.15) is 64.7 Å². The van der Waals surface area contributed by atoms with Gasteiger partial charge in [-0.25, -0.2) is 0 Å². The maximum atomic E-state index is 11.5. The molecule has 0 atom stereocenters. The molecule has 0 aromatic rings. The second-order valence-electron chi connectivity index (χ2n) is 4.62. The zero-order valence-corrected chi connectivity index (χ0v) is 10.5. The largest absolute Gasteiger partial charge is 0.368 e. The van der Waals surface area contributed by atoms with Gasteiger partial charge in [0, 0.05) is 19.5 Å². The highest BCUT2D eigenvalue weighted by Crippen LogP contribution is 2.11. The first-order valence-corrected chi connectivity index (χ1v) is 6.78. The van der Waals surface area contributed by atoms with E-state index in [1.54, 1.807) is 0 Å². The van der Waals surface area contributed by atoms with E-state index < -0.39 is 0 Å². The van der Waals surface area contributed by atoms with Crippen LogP contribution in [0.3, 0.4) is 0 Å². The SMILES string of the molecule is CCCCCCCC(=O)ON1CCCCC1. The van der Waals surface area contributed by atoms with Gasteiger partial charge in [-0.3, -0.25) is 4.79 Å². The van der Waals surface area contributed by atoms with Gasteiger partial charge in [-0.15, -0.1) is 5.06 Å². The number of hydrogen-bond donors (Lipinski definition) is 0. The number of nitrogens with zero attached hydrogens (tertiary/aromatic N) is 1. The molecule has 1 aliphatic rings. The first kappa shape index (κ1) is 13.5. The molecule has 1 saturated heterocycles. The zero-order valence-electron chi connectivity index (χ0n) is 10.5. The molecule has 0 radical (unpaired) electrons. The fourth-order valence-corrected chi connectivity index (χ4v) is 2.02. The first-order chi connectivity index (χ1) is 7.83. The predicted molar refractivity (Wildman–Crippen MR) is 64.9 cm³/mol. The van der Waals surface area contributed by atoms with Crippen LogP contribution in [-0.4, -0.2) is 24.1 Å². The zero-order chi connectivity index (χ0) is 11.6. The minimum Gasteiger partial charge on any atom is -0.368 e. The number of rotatable bonds is 7. The average Bonchev–Trinajstić information content (AvgIpc) is 2.30. The van der Waals surface area contributed by atoms with E-state index in [0.29, 0.717) is 6.42 Å². The Morgan fingerprint density at radius 3 is 2.44 bits per heavy atom.